The van der Waals surface area contributed by atoms with Crippen LogP contribution < -0.4 is 10.1 Å². The quantitative estimate of drug-likeness (QED) is 0.905. The minimum atomic E-state index is 0.616. The van der Waals surface area contributed by atoms with Crippen LogP contribution in [0.25, 0.3) is 0 Å². The zero-order valence-electron chi connectivity index (χ0n) is 13.9. The third kappa shape index (κ3) is 4.17. The molecule has 1 aromatic heterocycles. The Bertz CT molecular complexity index is 462. The van der Waals surface area contributed by atoms with Crippen molar-refractivity contribution in [2.75, 3.05) is 26.7 Å². The zero-order chi connectivity index (χ0) is 15.2. The molecule has 0 radical (unpaired) electrons. The van der Waals surface area contributed by atoms with Gasteiger partial charge in [0.15, 0.2) is 0 Å². The van der Waals surface area contributed by atoms with Crippen LogP contribution in [0, 0.1) is 13.8 Å². The van der Waals surface area contributed by atoms with Crippen molar-refractivity contribution in [3.63, 3.8) is 0 Å². The van der Waals surface area contributed by atoms with E-state index in [1.54, 1.807) is 7.11 Å². The number of aromatic nitrogens is 1. The maximum atomic E-state index is 5.52. The van der Waals surface area contributed by atoms with Gasteiger partial charge in [-0.15, -0.1) is 0 Å². The van der Waals surface area contributed by atoms with Crippen LogP contribution in [0.3, 0.4) is 0 Å². The molecular formula is C17H29N3O. The number of aryl methyl sites for hydroxylation is 1. The van der Waals surface area contributed by atoms with Crippen molar-refractivity contribution < 1.29 is 4.74 Å². The minimum Gasteiger partial charge on any atom is -0.496 e. The second-order valence-corrected chi connectivity index (χ2v) is 6.07. The zero-order valence-corrected chi connectivity index (χ0v) is 13.9. The molecule has 1 saturated heterocycles. The molecule has 1 aliphatic rings. The normalized spacial score (nSPS) is 20.3. The van der Waals surface area contributed by atoms with E-state index < -0.39 is 0 Å². The second kappa shape index (κ2) is 7.76. The van der Waals surface area contributed by atoms with Gasteiger partial charge in [0.1, 0.15) is 5.75 Å². The fourth-order valence-corrected chi connectivity index (χ4v) is 3.20. The number of rotatable bonds is 5. The predicted molar refractivity (Wildman–Crippen MR) is 86.9 cm³/mol. The summed E-state index contributed by atoms with van der Waals surface area (Å²) in [6.07, 6.45) is 5.63. The number of hydrogen-bond acceptors (Lipinski definition) is 4. The second-order valence-electron chi connectivity index (χ2n) is 6.07. The number of pyridine rings is 1. The first-order valence-electron chi connectivity index (χ1n) is 8.10. The first kappa shape index (κ1) is 16.2. The maximum Gasteiger partial charge on any atom is 0.128 e. The number of nitrogens with one attached hydrogen (secondary N) is 1. The summed E-state index contributed by atoms with van der Waals surface area (Å²) in [7, 11) is 1.74. The van der Waals surface area contributed by atoms with Crippen molar-refractivity contribution in [2.45, 2.75) is 52.6 Å². The fraction of sp³-hybridized carbons (Fsp3) is 0.706. The van der Waals surface area contributed by atoms with E-state index in [2.05, 4.69) is 36.0 Å². The third-order valence-electron chi connectivity index (χ3n) is 4.32. The SMILES string of the molecule is CCCC1CN(Cc2ncc(C)c(OC)c2C)CCCN1. The predicted octanol–water partition coefficient (Wildman–Crippen LogP) is 2.67. The summed E-state index contributed by atoms with van der Waals surface area (Å²) >= 11 is 0. The molecule has 1 aliphatic heterocycles. The van der Waals surface area contributed by atoms with Crippen LogP contribution in [-0.2, 0) is 6.54 Å². The fourth-order valence-electron chi connectivity index (χ4n) is 3.20. The molecule has 1 unspecified atom stereocenters. The summed E-state index contributed by atoms with van der Waals surface area (Å²) in [5.74, 6) is 0.984. The van der Waals surface area contributed by atoms with E-state index in [0.29, 0.717) is 6.04 Å². The smallest absolute Gasteiger partial charge is 0.128 e. The Morgan fingerprint density at radius 2 is 2.24 bits per heavy atom. The van der Waals surface area contributed by atoms with Gasteiger partial charge in [-0.3, -0.25) is 9.88 Å². The molecule has 2 heterocycles. The van der Waals surface area contributed by atoms with E-state index >= 15 is 0 Å². The lowest BCUT2D eigenvalue weighted by Crippen LogP contribution is -2.37. The molecular weight excluding hydrogens is 262 g/mol. The van der Waals surface area contributed by atoms with Crippen molar-refractivity contribution in [3.05, 3.63) is 23.0 Å². The van der Waals surface area contributed by atoms with Crippen LogP contribution in [0.1, 0.15) is 43.0 Å². The minimum absolute atomic E-state index is 0.616. The molecule has 4 nitrogen and oxygen atoms in total. The maximum absolute atomic E-state index is 5.52. The number of methoxy groups -OCH3 is 1. The van der Waals surface area contributed by atoms with Crippen molar-refractivity contribution in [2.24, 2.45) is 0 Å². The van der Waals surface area contributed by atoms with Crippen LogP contribution >= 0.6 is 0 Å². The van der Waals surface area contributed by atoms with Crippen molar-refractivity contribution in [1.29, 1.82) is 0 Å². The Balaban J connectivity index is 2.09. The van der Waals surface area contributed by atoms with Gasteiger partial charge >= 0.3 is 0 Å². The molecule has 118 valence electrons. The third-order valence-corrected chi connectivity index (χ3v) is 4.32. The monoisotopic (exact) mass is 291 g/mol. The number of hydrogen-bond donors (Lipinski definition) is 1. The molecule has 0 aromatic carbocycles. The highest BCUT2D eigenvalue weighted by Gasteiger charge is 2.19. The van der Waals surface area contributed by atoms with Gasteiger partial charge in [-0.05, 0) is 39.8 Å². The molecule has 2 rings (SSSR count). The van der Waals surface area contributed by atoms with Crippen molar-refractivity contribution in [3.8, 4) is 5.75 Å². The molecule has 0 bridgehead atoms. The lowest BCUT2D eigenvalue weighted by Gasteiger charge is -2.25. The van der Waals surface area contributed by atoms with Crippen LogP contribution in [0.5, 0.6) is 5.75 Å². The van der Waals surface area contributed by atoms with Gasteiger partial charge in [0, 0.05) is 36.5 Å². The molecule has 0 saturated carbocycles. The highest BCUT2D eigenvalue weighted by molar-refractivity contribution is 5.41. The highest BCUT2D eigenvalue weighted by atomic mass is 16.5. The van der Waals surface area contributed by atoms with E-state index in [1.807, 2.05) is 6.20 Å². The number of ether oxygens (including phenoxy) is 1. The Kier molecular flexibility index (Phi) is 6.00. The molecule has 1 aromatic rings. The molecule has 0 aliphatic carbocycles. The Labute approximate surface area is 128 Å². The lowest BCUT2D eigenvalue weighted by atomic mass is 10.1. The molecule has 1 fully saturated rings. The van der Waals surface area contributed by atoms with Gasteiger partial charge in [-0.1, -0.05) is 13.3 Å². The van der Waals surface area contributed by atoms with Gasteiger partial charge in [-0.25, -0.2) is 0 Å². The summed E-state index contributed by atoms with van der Waals surface area (Å²) in [6, 6.07) is 0.616. The highest BCUT2D eigenvalue weighted by Crippen LogP contribution is 2.25. The van der Waals surface area contributed by atoms with Crippen LogP contribution in [0.15, 0.2) is 6.20 Å². The summed E-state index contributed by atoms with van der Waals surface area (Å²) in [5, 5.41) is 3.66. The average Bonchev–Trinajstić information content (AvgIpc) is 2.68. The van der Waals surface area contributed by atoms with Crippen LogP contribution in [0.4, 0.5) is 0 Å². The van der Waals surface area contributed by atoms with E-state index in [1.165, 1.54) is 24.8 Å². The summed E-state index contributed by atoms with van der Waals surface area (Å²) in [4.78, 5) is 7.17. The Hall–Kier alpha value is -1.13. The molecule has 1 atom stereocenters. The van der Waals surface area contributed by atoms with E-state index in [9.17, 15) is 0 Å². The van der Waals surface area contributed by atoms with Gasteiger partial charge in [-0.2, -0.15) is 0 Å². The summed E-state index contributed by atoms with van der Waals surface area (Å²) in [6.45, 7) is 10.7. The van der Waals surface area contributed by atoms with Gasteiger partial charge < -0.3 is 10.1 Å². The van der Waals surface area contributed by atoms with Gasteiger partial charge in [0.05, 0.1) is 12.8 Å². The first-order valence-corrected chi connectivity index (χ1v) is 8.10. The lowest BCUT2D eigenvalue weighted by molar-refractivity contribution is 0.251. The van der Waals surface area contributed by atoms with Crippen molar-refractivity contribution in [1.82, 2.24) is 15.2 Å². The molecule has 1 N–H and O–H groups in total. The average molecular weight is 291 g/mol. The van der Waals surface area contributed by atoms with Crippen LogP contribution in [-0.4, -0.2) is 42.7 Å². The van der Waals surface area contributed by atoms with Gasteiger partial charge in [0.2, 0.25) is 0 Å². The van der Waals surface area contributed by atoms with E-state index in [0.717, 1.165) is 43.2 Å². The molecule has 21 heavy (non-hydrogen) atoms. The largest absolute Gasteiger partial charge is 0.496 e. The first-order chi connectivity index (χ1) is 10.2. The Morgan fingerprint density at radius 1 is 1.43 bits per heavy atom. The van der Waals surface area contributed by atoms with Crippen LogP contribution in [0.2, 0.25) is 0 Å². The van der Waals surface area contributed by atoms with Gasteiger partial charge in [0.25, 0.3) is 0 Å². The van der Waals surface area contributed by atoms with Crippen molar-refractivity contribution >= 4 is 0 Å². The molecule has 0 amide bonds. The molecule has 4 heteroatoms. The number of nitrogens with zero attached hydrogens (tertiary/aromatic N) is 2. The summed E-state index contributed by atoms with van der Waals surface area (Å²) < 4.78 is 5.52. The molecule has 0 spiro atoms. The summed E-state index contributed by atoms with van der Waals surface area (Å²) in [5.41, 5.74) is 3.44. The van der Waals surface area contributed by atoms with E-state index in [4.69, 9.17) is 4.74 Å². The standard InChI is InChI=1S/C17H29N3O/c1-5-7-15-11-20(9-6-8-18-15)12-16-14(3)17(21-4)13(2)10-19-16/h10,15,18H,5-9,11-12H2,1-4H3. The van der Waals surface area contributed by atoms with E-state index in [-0.39, 0.29) is 0 Å². The Morgan fingerprint density at radius 3 is 2.95 bits per heavy atom. The topological polar surface area (TPSA) is 37.4 Å².